The molecular formula is C34H37N3O6. The maximum atomic E-state index is 13.5. The molecule has 3 aromatic rings. The molecule has 0 aliphatic carbocycles. The molecule has 2 bridgehead atoms. The molecule has 0 radical (unpaired) electrons. The summed E-state index contributed by atoms with van der Waals surface area (Å²) in [4.78, 5) is 43.5. The first-order valence-corrected chi connectivity index (χ1v) is 14.5. The molecule has 0 unspecified atom stereocenters. The fourth-order valence-corrected chi connectivity index (χ4v) is 5.57. The summed E-state index contributed by atoms with van der Waals surface area (Å²) in [5, 5.41) is 3.06. The van der Waals surface area contributed by atoms with Gasteiger partial charge in [-0.15, -0.1) is 0 Å². The number of rotatable bonds is 5. The monoisotopic (exact) mass is 583 g/mol. The minimum Gasteiger partial charge on any atom is -0.497 e. The first kappa shape index (κ1) is 29.7. The highest BCUT2D eigenvalue weighted by atomic mass is 16.5. The van der Waals surface area contributed by atoms with Gasteiger partial charge in [0.25, 0.3) is 5.91 Å². The van der Waals surface area contributed by atoms with Gasteiger partial charge in [0.15, 0.2) is 11.5 Å². The summed E-state index contributed by atoms with van der Waals surface area (Å²) < 4.78 is 16.9. The number of hydrogen-bond acceptors (Lipinski definition) is 6. The normalized spacial score (nSPS) is 19.2. The van der Waals surface area contributed by atoms with E-state index in [9.17, 15) is 14.4 Å². The zero-order valence-corrected chi connectivity index (χ0v) is 24.5. The Morgan fingerprint density at radius 2 is 1.67 bits per heavy atom. The molecule has 2 heterocycles. The second-order valence-corrected chi connectivity index (χ2v) is 10.6. The maximum Gasteiger partial charge on any atom is 0.253 e. The third-order valence-electron chi connectivity index (χ3n) is 7.95. The Morgan fingerprint density at radius 3 is 2.42 bits per heavy atom. The average Bonchev–Trinajstić information content (AvgIpc) is 3.50. The summed E-state index contributed by atoms with van der Waals surface area (Å²) in [6.45, 7) is 2.18. The highest BCUT2D eigenvalue weighted by molar-refractivity contribution is 5.94. The molecule has 0 saturated carbocycles. The van der Waals surface area contributed by atoms with Crippen LogP contribution in [0.15, 0.2) is 78.9 Å². The molecule has 3 amide bonds. The number of benzene rings is 3. The number of carbonyl (C=O) groups excluding carboxylic acids is 3. The highest BCUT2D eigenvalue weighted by Crippen LogP contribution is 2.38. The van der Waals surface area contributed by atoms with Gasteiger partial charge in [-0.3, -0.25) is 14.4 Å². The molecule has 9 nitrogen and oxygen atoms in total. The Kier molecular flexibility index (Phi) is 9.61. The van der Waals surface area contributed by atoms with Crippen LogP contribution in [0, 0.1) is 5.92 Å². The van der Waals surface area contributed by atoms with E-state index in [1.54, 1.807) is 60.4 Å². The van der Waals surface area contributed by atoms with E-state index in [4.69, 9.17) is 14.2 Å². The van der Waals surface area contributed by atoms with Gasteiger partial charge in [0.05, 0.1) is 26.7 Å². The van der Waals surface area contributed by atoms with Crippen molar-refractivity contribution in [1.82, 2.24) is 15.1 Å². The van der Waals surface area contributed by atoms with Crippen LogP contribution in [0.3, 0.4) is 0 Å². The van der Waals surface area contributed by atoms with E-state index in [2.05, 4.69) is 5.32 Å². The lowest BCUT2D eigenvalue weighted by Gasteiger charge is -2.25. The second-order valence-electron chi connectivity index (χ2n) is 10.6. The molecule has 1 N–H and O–H groups in total. The van der Waals surface area contributed by atoms with Crippen LogP contribution in [0.5, 0.6) is 17.2 Å². The summed E-state index contributed by atoms with van der Waals surface area (Å²) in [7, 11) is 3.16. The molecule has 2 atom stereocenters. The number of nitrogens with one attached hydrogen (secondary N) is 1. The third-order valence-corrected chi connectivity index (χ3v) is 7.95. The largest absolute Gasteiger partial charge is 0.497 e. The van der Waals surface area contributed by atoms with Crippen LogP contribution in [-0.4, -0.2) is 81.1 Å². The first-order chi connectivity index (χ1) is 21.0. The molecule has 9 heteroatoms. The van der Waals surface area contributed by atoms with Crippen LogP contribution >= 0.6 is 0 Å². The summed E-state index contributed by atoms with van der Waals surface area (Å²) in [6, 6.07) is 22.3. The Labute approximate surface area is 252 Å². The fraction of sp³-hybridized carbons (Fsp3) is 0.324. The Bertz CT molecular complexity index is 1460. The van der Waals surface area contributed by atoms with Gasteiger partial charge in [0, 0.05) is 43.7 Å². The Hall–Kier alpha value is -4.79. The smallest absolute Gasteiger partial charge is 0.253 e. The first-order valence-electron chi connectivity index (χ1n) is 14.5. The molecule has 5 rings (SSSR count). The molecule has 2 aliphatic rings. The molecule has 1 fully saturated rings. The molecule has 43 heavy (non-hydrogen) atoms. The van der Waals surface area contributed by atoms with Gasteiger partial charge in [-0.05, 0) is 60.0 Å². The lowest BCUT2D eigenvalue weighted by molar-refractivity contribution is -0.126. The molecule has 1 saturated heterocycles. The van der Waals surface area contributed by atoms with Crippen molar-refractivity contribution in [2.75, 3.05) is 53.6 Å². The standard InChI is InChI=1S/C34H37N3O6/c1-41-27-13-10-25(11-14-27)34(40)36-18-6-17-35-33(39)29-23-37(32(38)16-9-24-7-4-3-5-8-24)22-28(29)26-12-15-30(42-2)31(21-26)43-20-19-36/h3-5,7-16,21,28-29H,6,17-20,22-23H2,1-2H3,(H,35,39)/t28-,29+/m1/s1. The van der Waals surface area contributed by atoms with Crippen molar-refractivity contribution < 1.29 is 28.6 Å². The molecular weight excluding hydrogens is 546 g/mol. The van der Waals surface area contributed by atoms with Crippen LogP contribution in [0.4, 0.5) is 0 Å². The predicted octanol–water partition coefficient (Wildman–Crippen LogP) is 4.00. The number of nitrogens with zero attached hydrogens (tertiary/aromatic N) is 2. The van der Waals surface area contributed by atoms with Gasteiger partial charge in [-0.25, -0.2) is 0 Å². The zero-order chi connectivity index (χ0) is 30.2. The third kappa shape index (κ3) is 7.17. The van der Waals surface area contributed by atoms with Gasteiger partial charge in [0.1, 0.15) is 12.4 Å². The molecule has 0 spiro atoms. The number of carbonyl (C=O) groups is 3. The highest BCUT2D eigenvalue weighted by Gasteiger charge is 2.40. The van der Waals surface area contributed by atoms with E-state index in [-0.39, 0.29) is 30.2 Å². The van der Waals surface area contributed by atoms with Gasteiger partial charge < -0.3 is 29.3 Å². The van der Waals surface area contributed by atoms with E-state index >= 15 is 0 Å². The lowest BCUT2D eigenvalue weighted by Crippen LogP contribution is -2.39. The van der Waals surface area contributed by atoms with Crippen molar-refractivity contribution in [2.24, 2.45) is 5.92 Å². The van der Waals surface area contributed by atoms with Crippen LogP contribution in [0.25, 0.3) is 6.08 Å². The van der Waals surface area contributed by atoms with Gasteiger partial charge in [0.2, 0.25) is 11.8 Å². The number of hydrogen-bond donors (Lipinski definition) is 1. The summed E-state index contributed by atoms with van der Waals surface area (Å²) in [5.41, 5.74) is 2.37. The van der Waals surface area contributed by atoms with Gasteiger partial charge in [-0.1, -0.05) is 36.4 Å². The van der Waals surface area contributed by atoms with Gasteiger partial charge in [-0.2, -0.15) is 0 Å². The Balaban J connectivity index is 1.36. The summed E-state index contributed by atoms with van der Waals surface area (Å²) in [5.74, 6) is 0.736. The molecule has 2 aliphatic heterocycles. The minimum atomic E-state index is -0.435. The fourth-order valence-electron chi connectivity index (χ4n) is 5.57. The number of methoxy groups -OCH3 is 2. The van der Waals surface area contributed by atoms with Crippen molar-refractivity contribution in [1.29, 1.82) is 0 Å². The molecule has 3 aromatic carbocycles. The zero-order valence-electron chi connectivity index (χ0n) is 24.5. The lowest BCUT2D eigenvalue weighted by atomic mass is 9.88. The number of fused-ring (bicyclic) bond motifs is 4. The average molecular weight is 584 g/mol. The van der Waals surface area contributed by atoms with Gasteiger partial charge >= 0.3 is 0 Å². The topological polar surface area (TPSA) is 97.4 Å². The van der Waals surface area contributed by atoms with E-state index in [0.29, 0.717) is 62.0 Å². The number of amides is 3. The minimum absolute atomic E-state index is 0.115. The van der Waals surface area contributed by atoms with E-state index < -0.39 is 5.92 Å². The molecule has 0 aromatic heterocycles. The van der Waals surface area contributed by atoms with Crippen LogP contribution < -0.4 is 19.5 Å². The van der Waals surface area contributed by atoms with Crippen LogP contribution in [0.2, 0.25) is 0 Å². The van der Waals surface area contributed by atoms with Crippen LogP contribution in [0.1, 0.15) is 33.8 Å². The summed E-state index contributed by atoms with van der Waals surface area (Å²) >= 11 is 0. The summed E-state index contributed by atoms with van der Waals surface area (Å²) in [6.07, 6.45) is 3.92. The van der Waals surface area contributed by atoms with Crippen molar-refractivity contribution in [3.05, 3.63) is 95.6 Å². The quantitative estimate of drug-likeness (QED) is 0.456. The predicted molar refractivity (Wildman–Crippen MR) is 163 cm³/mol. The number of ether oxygens (including phenoxy) is 3. The van der Waals surface area contributed by atoms with Crippen molar-refractivity contribution in [3.63, 3.8) is 0 Å². The Morgan fingerprint density at radius 1 is 0.907 bits per heavy atom. The maximum absolute atomic E-state index is 13.5. The second kappa shape index (κ2) is 13.9. The molecule has 224 valence electrons. The van der Waals surface area contributed by atoms with E-state index in [0.717, 1.165) is 11.1 Å². The van der Waals surface area contributed by atoms with E-state index in [1.807, 2.05) is 48.5 Å². The SMILES string of the molecule is COc1ccc(C(=O)N2CCCNC(=O)[C@H]3CN(C(=O)C=Cc4ccccc4)C[C@@H]3c3ccc(OC)c(c3)OCC2)cc1. The van der Waals surface area contributed by atoms with Crippen LogP contribution in [-0.2, 0) is 9.59 Å². The van der Waals surface area contributed by atoms with E-state index in [1.165, 1.54) is 0 Å². The van der Waals surface area contributed by atoms with Crippen molar-refractivity contribution >= 4 is 23.8 Å². The van der Waals surface area contributed by atoms with Crippen molar-refractivity contribution in [2.45, 2.75) is 12.3 Å². The van der Waals surface area contributed by atoms with Crippen molar-refractivity contribution in [3.8, 4) is 17.2 Å². The number of likely N-dealkylation sites (tertiary alicyclic amines) is 1.